The minimum atomic E-state index is -0.338. The Bertz CT molecular complexity index is 2580. The molecule has 0 N–H and O–H groups in total. The van der Waals surface area contributed by atoms with Crippen LogP contribution < -0.4 is 0 Å². The largest absolute Gasteiger partial charge is 0.465 e. The first-order valence-electron chi connectivity index (χ1n) is 38.7. The smallest absolute Gasteiger partial charge is 0.311 e. The molecule has 97 heavy (non-hydrogen) atoms. The zero-order valence-corrected chi connectivity index (χ0v) is 63.9. The minimum Gasteiger partial charge on any atom is -0.465 e. The number of esters is 6. The summed E-state index contributed by atoms with van der Waals surface area (Å²) in [6, 6.07) is 0. The van der Waals surface area contributed by atoms with E-state index in [1.54, 1.807) is 0 Å². The number of carbonyl (C=O) groups is 6. The molecule has 24 atom stereocenters. The molecule has 6 saturated heterocycles. The number of hydrogen-bond acceptors (Lipinski definition) is 18. The number of ether oxygens (including phenoxy) is 12. The van der Waals surface area contributed by atoms with Crippen LogP contribution in [0.4, 0.5) is 0 Å². The fourth-order valence-electron chi connectivity index (χ4n) is 14.5. The van der Waals surface area contributed by atoms with Crippen LogP contribution in [0.2, 0.25) is 0 Å². The highest BCUT2D eigenvalue weighted by Crippen LogP contribution is 2.56. The maximum absolute atomic E-state index is 12.2. The third-order valence-electron chi connectivity index (χ3n) is 24.6. The molecular formula is C79H134O18. The summed E-state index contributed by atoms with van der Waals surface area (Å²) in [7, 11) is 0. The molecule has 0 amide bonds. The molecule has 12 rings (SSSR count). The van der Waals surface area contributed by atoms with Crippen LogP contribution in [0.1, 0.15) is 286 Å². The summed E-state index contributed by atoms with van der Waals surface area (Å²) < 4.78 is 65.6. The van der Waals surface area contributed by atoms with Gasteiger partial charge in [-0.2, -0.15) is 0 Å². The minimum absolute atomic E-state index is 0.00995. The molecule has 18 nitrogen and oxygen atoms in total. The molecule has 6 heterocycles. The first-order chi connectivity index (χ1) is 45.6. The summed E-state index contributed by atoms with van der Waals surface area (Å²) in [5.74, 6) is 2.87. The quantitative estimate of drug-likeness (QED) is 0.0496. The maximum atomic E-state index is 12.2. The summed E-state index contributed by atoms with van der Waals surface area (Å²) in [6.45, 7) is 43.2. The molecule has 558 valence electrons. The molecule has 6 aliphatic heterocycles. The molecular weight excluding hydrogens is 1240 g/mol. The van der Waals surface area contributed by atoms with Crippen LogP contribution in [0, 0.1) is 69.5 Å². The molecule has 24 unspecified atom stereocenters. The van der Waals surface area contributed by atoms with Crippen molar-refractivity contribution in [1.82, 2.24) is 0 Å². The summed E-state index contributed by atoms with van der Waals surface area (Å²) in [5.41, 5.74) is -0.876. The molecule has 12 fully saturated rings. The van der Waals surface area contributed by atoms with E-state index >= 15 is 0 Å². The predicted octanol–water partition coefficient (Wildman–Crippen LogP) is 15.6. The molecule has 12 aliphatic rings. The number of fused-ring (bicyclic) bond motifs is 6. The Morgan fingerprint density at radius 3 is 1.19 bits per heavy atom. The third-order valence-corrected chi connectivity index (χ3v) is 24.6. The molecule has 6 saturated carbocycles. The normalized spacial score (nSPS) is 39.2. The van der Waals surface area contributed by atoms with Crippen LogP contribution in [0.15, 0.2) is 0 Å². The van der Waals surface area contributed by atoms with Gasteiger partial charge in [-0.05, 0) is 200 Å². The molecule has 0 aromatic rings. The van der Waals surface area contributed by atoms with Crippen molar-refractivity contribution in [1.29, 1.82) is 0 Å². The van der Waals surface area contributed by atoms with Gasteiger partial charge in [-0.1, -0.05) is 122 Å². The van der Waals surface area contributed by atoms with E-state index in [9.17, 15) is 28.8 Å². The average molecular weight is 1370 g/mol. The lowest BCUT2D eigenvalue weighted by molar-refractivity contribution is -0.159. The van der Waals surface area contributed by atoms with Gasteiger partial charge in [-0.25, -0.2) is 0 Å². The highest BCUT2D eigenvalue weighted by Gasteiger charge is 2.63. The van der Waals surface area contributed by atoms with Gasteiger partial charge in [0.1, 0.15) is 0 Å². The SMILES string of the molecule is CCC(C)COC(=O)C1(C)CCC2(C)OC2C1.CCC(C)COC(=O)C1(C)CCC2OC2(C)C1.CCC(C)COC(=O)C1(C)CCC2OC2C1.CCC(C)COC(=O)C1CCC2(C)OC2C1.CCC(C)COC(=O)C1CCC2OC2(C)C1.CCC(C)COC(=O)C1CCC2OC2C1. The molecule has 0 radical (unpaired) electrons. The zero-order chi connectivity index (χ0) is 71.5. The van der Waals surface area contributed by atoms with Crippen molar-refractivity contribution in [2.75, 3.05) is 39.6 Å². The first kappa shape index (κ1) is 80.9. The van der Waals surface area contributed by atoms with Crippen molar-refractivity contribution in [3.05, 3.63) is 0 Å². The Kier molecular flexibility index (Phi) is 28.9. The number of epoxide rings is 6. The van der Waals surface area contributed by atoms with Crippen LogP contribution in [0.5, 0.6) is 0 Å². The predicted molar refractivity (Wildman–Crippen MR) is 371 cm³/mol. The number of rotatable bonds is 24. The summed E-state index contributed by atoms with van der Waals surface area (Å²) in [6.07, 6.45) is 25.9. The molecule has 6 aliphatic carbocycles. The summed E-state index contributed by atoms with van der Waals surface area (Å²) in [4.78, 5) is 71.7. The molecule has 0 aromatic heterocycles. The van der Waals surface area contributed by atoms with Gasteiger partial charge in [-0.15, -0.1) is 0 Å². The van der Waals surface area contributed by atoms with Crippen LogP contribution in [-0.4, -0.2) is 147 Å². The Balaban J connectivity index is 0.000000164. The van der Waals surface area contributed by atoms with E-state index < -0.39 is 0 Å². The van der Waals surface area contributed by atoms with Gasteiger partial charge in [0, 0.05) is 0 Å². The lowest BCUT2D eigenvalue weighted by Crippen LogP contribution is -2.39. The second-order valence-corrected chi connectivity index (χ2v) is 34.2. The molecule has 0 bridgehead atoms. The van der Waals surface area contributed by atoms with E-state index in [2.05, 4.69) is 111 Å². The zero-order valence-electron chi connectivity index (χ0n) is 63.9. The first-order valence-corrected chi connectivity index (χ1v) is 38.7. The standard InChI is InChI=1S/2C14H24O3.3C13H22O3.C12H20O3/c1-5-10(2)9-16-12(15)13(3)6-7-14(4)11(8-13)17-14;1-5-10(2)8-16-12(15)13(3)7-6-11-14(4,9-13)17-11;1-4-9(2)8-15-12(14)13(3)6-5-10-11(7-13)16-10;1-4-9(2)8-15-12(14)10-5-6-13(3)11(7-10)16-13;1-4-9(2)8-15-12(14)10-5-6-11-13(3,7-10)16-11;1-3-8(2)7-14-12(13)9-4-5-10-11(6-9)15-10/h2*10-11H,5-9H2,1-4H3;3*9-11H,4-8H2,1-3H3;8-11H,3-7H2,1-2H3. The monoisotopic (exact) mass is 1370 g/mol. The Morgan fingerprint density at radius 2 is 0.722 bits per heavy atom. The summed E-state index contributed by atoms with van der Waals surface area (Å²) in [5, 5.41) is 0. The van der Waals surface area contributed by atoms with Gasteiger partial charge in [0.15, 0.2) is 0 Å². The van der Waals surface area contributed by atoms with Crippen LogP contribution >= 0.6 is 0 Å². The molecule has 18 heteroatoms. The average Bonchev–Trinajstić information content (AvgIpc) is 1.60. The van der Waals surface area contributed by atoms with Gasteiger partial charge < -0.3 is 56.8 Å². The number of hydrogen-bond donors (Lipinski definition) is 0. The second kappa shape index (κ2) is 34.7. The summed E-state index contributed by atoms with van der Waals surface area (Å²) >= 11 is 0. The van der Waals surface area contributed by atoms with Crippen molar-refractivity contribution in [3.8, 4) is 0 Å². The van der Waals surface area contributed by atoms with E-state index in [-0.39, 0.29) is 98.3 Å². The topological polar surface area (TPSA) is 233 Å². The van der Waals surface area contributed by atoms with Crippen molar-refractivity contribution in [2.24, 2.45) is 69.5 Å². The van der Waals surface area contributed by atoms with Crippen LogP contribution in [0.25, 0.3) is 0 Å². The van der Waals surface area contributed by atoms with Gasteiger partial charge >= 0.3 is 35.8 Å². The Morgan fingerprint density at radius 1 is 0.330 bits per heavy atom. The van der Waals surface area contributed by atoms with E-state index in [0.29, 0.717) is 118 Å². The fraction of sp³-hybridized carbons (Fsp3) is 0.924. The van der Waals surface area contributed by atoms with E-state index in [1.165, 1.54) is 0 Å². The van der Waals surface area contributed by atoms with Gasteiger partial charge in [0.05, 0.1) is 145 Å². The third kappa shape index (κ3) is 23.3. The van der Waals surface area contributed by atoms with Crippen molar-refractivity contribution < 1.29 is 85.6 Å². The van der Waals surface area contributed by atoms with E-state index in [1.807, 2.05) is 20.8 Å². The van der Waals surface area contributed by atoms with Crippen LogP contribution in [0.3, 0.4) is 0 Å². The van der Waals surface area contributed by atoms with Crippen molar-refractivity contribution >= 4 is 35.8 Å². The molecule has 0 spiro atoms. The fourth-order valence-corrected chi connectivity index (χ4v) is 14.5. The highest BCUT2D eigenvalue weighted by molar-refractivity contribution is 5.78. The maximum Gasteiger partial charge on any atom is 0.311 e. The molecule has 0 aromatic carbocycles. The second-order valence-electron chi connectivity index (χ2n) is 34.2. The van der Waals surface area contributed by atoms with Crippen LogP contribution in [-0.2, 0) is 85.6 Å². The van der Waals surface area contributed by atoms with Gasteiger partial charge in [-0.3, -0.25) is 28.8 Å². The van der Waals surface area contributed by atoms with Gasteiger partial charge in [0.25, 0.3) is 0 Å². The number of carbonyl (C=O) groups excluding carboxylic acids is 6. The highest BCUT2D eigenvalue weighted by atomic mass is 16.6. The van der Waals surface area contributed by atoms with Crippen molar-refractivity contribution in [2.45, 2.75) is 357 Å². The van der Waals surface area contributed by atoms with Gasteiger partial charge in [0.2, 0.25) is 0 Å². The Labute approximate surface area is 584 Å². The van der Waals surface area contributed by atoms with Crippen molar-refractivity contribution in [3.63, 3.8) is 0 Å². The lowest BCUT2D eigenvalue weighted by Gasteiger charge is -2.32. The lowest BCUT2D eigenvalue weighted by atomic mass is 9.71. The Hall–Kier alpha value is -3.42. The van der Waals surface area contributed by atoms with E-state index in [4.69, 9.17) is 56.8 Å². The van der Waals surface area contributed by atoms with E-state index in [0.717, 1.165) is 154 Å².